The highest BCUT2D eigenvalue weighted by Crippen LogP contribution is 2.26. The molecule has 0 aliphatic rings. The van der Waals surface area contributed by atoms with Gasteiger partial charge in [0, 0.05) is 10.6 Å². The van der Waals surface area contributed by atoms with Crippen molar-refractivity contribution in [3.63, 3.8) is 0 Å². The van der Waals surface area contributed by atoms with E-state index in [1.54, 1.807) is 18.2 Å². The van der Waals surface area contributed by atoms with Crippen molar-refractivity contribution in [1.82, 2.24) is 0 Å². The van der Waals surface area contributed by atoms with Crippen molar-refractivity contribution in [3.05, 3.63) is 68.7 Å². The zero-order valence-corrected chi connectivity index (χ0v) is 11.5. The molecule has 18 heavy (non-hydrogen) atoms. The molecule has 5 heteroatoms. The Labute approximate surface area is 117 Å². The average Bonchev–Trinajstić information content (AvgIpc) is 2.32. The Kier molecular flexibility index (Phi) is 4.00. The Morgan fingerprint density at radius 2 is 1.78 bits per heavy atom. The van der Waals surface area contributed by atoms with Gasteiger partial charge in [-0.25, -0.2) is 8.78 Å². The molecule has 2 aromatic rings. The van der Waals surface area contributed by atoms with Crippen molar-refractivity contribution < 1.29 is 8.78 Å². The van der Waals surface area contributed by atoms with E-state index in [2.05, 4.69) is 15.9 Å². The second-order valence-electron chi connectivity index (χ2n) is 3.82. The van der Waals surface area contributed by atoms with E-state index in [0.29, 0.717) is 15.1 Å². The lowest BCUT2D eigenvalue weighted by Crippen LogP contribution is -2.13. The Balaban J connectivity index is 2.41. The van der Waals surface area contributed by atoms with E-state index < -0.39 is 17.7 Å². The van der Waals surface area contributed by atoms with Crippen LogP contribution in [0.3, 0.4) is 0 Å². The van der Waals surface area contributed by atoms with Crippen LogP contribution in [-0.4, -0.2) is 0 Å². The number of hydrogen-bond acceptors (Lipinski definition) is 1. The number of rotatable bonds is 2. The minimum Gasteiger partial charge on any atom is -0.320 e. The lowest BCUT2D eigenvalue weighted by Gasteiger charge is -2.14. The highest BCUT2D eigenvalue weighted by molar-refractivity contribution is 9.10. The first-order valence-electron chi connectivity index (χ1n) is 5.14. The minimum atomic E-state index is -0.732. The fraction of sp³-hybridized carbons (Fsp3) is 0.0769. The zero-order chi connectivity index (χ0) is 13.3. The van der Waals surface area contributed by atoms with Crippen LogP contribution in [0.5, 0.6) is 0 Å². The van der Waals surface area contributed by atoms with E-state index >= 15 is 0 Å². The van der Waals surface area contributed by atoms with Crippen LogP contribution in [0.25, 0.3) is 0 Å². The Bertz CT molecular complexity index is 589. The monoisotopic (exact) mass is 331 g/mol. The number of benzene rings is 2. The minimum absolute atomic E-state index is 0.279. The van der Waals surface area contributed by atoms with Crippen molar-refractivity contribution >= 4 is 27.5 Å². The van der Waals surface area contributed by atoms with Gasteiger partial charge in [0.2, 0.25) is 0 Å². The molecule has 0 aromatic heterocycles. The van der Waals surface area contributed by atoms with E-state index in [-0.39, 0.29) is 5.56 Å². The summed E-state index contributed by atoms with van der Waals surface area (Å²) in [5.41, 5.74) is 6.70. The fourth-order valence-corrected chi connectivity index (χ4v) is 2.04. The Hall–Kier alpha value is -0.970. The smallest absolute Gasteiger partial charge is 0.137 e. The molecule has 94 valence electrons. The standard InChI is InChI=1S/C13H9BrClF2N/c14-10-4-1-7(5-12(10)17)13(18)9-3-2-8(15)6-11(9)16/h1-6,13H,18H2. The number of halogens is 4. The topological polar surface area (TPSA) is 26.0 Å². The Morgan fingerprint density at radius 1 is 1.06 bits per heavy atom. The van der Waals surface area contributed by atoms with E-state index in [1.165, 1.54) is 18.2 Å². The van der Waals surface area contributed by atoms with Gasteiger partial charge in [0.15, 0.2) is 0 Å². The van der Waals surface area contributed by atoms with Gasteiger partial charge in [-0.3, -0.25) is 0 Å². The molecular formula is C13H9BrClF2N. The summed E-state index contributed by atoms with van der Waals surface area (Å²) in [6, 6.07) is 7.97. The predicted molar refractivity (Wildman–Crippen MR) is 71.5 cm³/mol. The summed E-state index contributed by atoms with van der Waals surface area (Å²) in [6.45, 7) is 0. The molecule has 0 fully saturated rings. The van der Waals surface area contributed by atoms with Crippen LogP contribution in [0, 0.1) is 11.6 Å². The molecule has 0 amide bonds. The molecule has 0 saturated heterocycles. The van der Waals surface area contributed by atoms with Crippen molar-refractivity contribution in [2.75, 3.05) is 0 Å². The first kappa shape index (κ1) is 13.5. The molecule has 1 atom stereocenters. The lowest BCUT2D eigenvalue weighted by molar-refractivity contribution is 0.594. The first-order valence-corrected chi connectivity index (χ1v) is 6.31. The zero-order valence-electron chi connectivity index (χ0n) is 9.13. The van der Waals surface area contributed by atoms with Crippen LogP contribution in [0.4, 0.5) is 8.78 Å². The molecule has 1 nitrogen and oxygen atoms in total. The van der Waals surface area contributed by atoms with Crippen molar-refractivity contribution in [2.24, 2.45) is 5.73 Å². The SMILES string of the molecule is NC(c1ccc(Br)c(F)c1)c1ccc(Cl)cc1F. The molecule has 0 aliphatic carbocycles. The van der Waals surface area contributed by atoms with Gasteiger partial charge in [0.1, 0.15) is 11.6 Å². The van der Waals surface area contributed by atoms with Gasteiger partial charge in [-0.1, -0.05) is 23.7 Å². The second-order valence-corrected chi connectivity index (χ2v) is 5.11. The maximum Gasteiger partial charge on any atom is 0.137 e. The van der Waals surface area contributed by atoms with Gasteiger partial charge >= 0.3 is 0 Å². The van der Waals surface area contributed by atoms with E-state index in [9.17, 15) is 8.78 Å². The first-order chi connectivity index (χ1) is 8.49. The van der Waals surface area contributed by atoms with Gasteiger partial charge in [0.05, 0.1) is 10.5 Å². The molecule has 0 spiro atoms. The quantitative estimate of drug-likeness (QED) is 0.865. The molecule has 0 aliphatic heterocycles. The summed E-state index contributed by atoms with van der Waals surface area (Å²) in [4.78, 5) is 0. The van der Waals surface area contributed by atoms with Crippen LogP contribution in [0.15, 0.2) is 40.9 Å². The summed E-state index contributed by atoms with van der Waals surface area (Å²) < 4.78 is 27.4. The van der Waals surface area contributed by atoms with Crippen LogP contribution in [0.2, 0.25) is 5.02 Å². The third-order valence-electron chi connectivity index (χ3n) is 2.60. The third-order valence-corrected chi connectivity index (χ3v) is 3.48. The molecule has 0 bridgehead atoms. The predicted octanol–water partition coefficient (Wildman–Crippen LogP) is 4.43. The largest absolute Gasteiger partial charge is 0.320 e. The normalized spacial score (nSPS) is 12.5. The van der Waals surface area contributed by atoms with Crippen molar-refractivity contribution in [2.45, 2.75) is 6.04 Å². The fourth-order valence-electron chi connectivity index (χ4n) is 1.64. The molecular weight excluding hydrogens is 324 g/mol. The van der Waals surface area contributed by atoms with Gasteiger partial charge in [-0.2, -0.15) is 0 Å². The van der Waals surface area contributed by atoms with Gasteiger partial charge in [0.25, 0.3) is 0 Å². The van der Waals surface area contributed by atoms with Crippen LogP contribution < -0.4 is 5.73 Å². The van der Waals surface area contributed by atoms with Crippen molar-refractivity contribution in [3.8, 4) is 0 Å². The lowest BCUT2D eigenvalue weighted by atomic mass is 9.99. The Morgan fingerprint density at radius 3 is 2.39 bits per heavy atom. The van der Waals surface area contributed by atoms with E-state index in [0.717, 1.165) is 0 Å². The van der Waals surface area contributed by atoms with Crippen LogP contribution >= 0.6 is 27.5 Å². The summed E-state index contributed by atoms with van der Waals surface area (Å²) in [6.07, 6.45) is 0. The van der Waals surface area contributed by atoms with E-state index in [1.807, 2.05) is 0 Å². The highest BCUT2D eigenvalue weighted by atomic mass is 79.9. The van der Waals surface area contributed by atoms with Gasteiger partial charge < -0.3 is 5.73 Å². The molecule has 2 N–H and O–H groups in total. The van der Waals surface area contributed by atoms with Crippen LogP contribution in [0.1, 0.15) is 17.2 Å². The maximum absolute atomic E-state index is 13.7. The molecule has 2 aromatic carbocycles. The molecule has 0 heterocycles. The third kappa shape index (κ3) is 2.71. The molecule has 0 saturated carbocycles. The second kappa shape index (κ2) is 5.34. The van der Waals surface area contributed by atoms with Crippen molar-refractivity contribution in [1.29, 1.82) is 0 Å². The summed E-state index contributed by atoms with van der Waals surface area (Å²) in [5, 5.41) is 0.297. The van der Waals surface area contributed by atoms with Gasteiger partial charge in [-0.05, 0) is 45.8 Å². The summed E-state index contributed by atoms with van der Waals surface area (Å²) in [7, 11) is 0. The van der Waals surface area contributed by atoms with Gasteiger partial charge in [-0.15, -0.1) is 0 Å². The molecule has 2 rings (SSSR count). The number of hydrogen-bond donors (Lipinski definition) is 1. The molecule has 1 unspecified atom stereocenters. The average molecular weight is 333 g/mol. The molecule has 0 radical (unpaired) electrons. The van der Waals surface area contributed by atoms with Crippen LogP contribution in [-0.2, 0) is 0 Å². The maximum atomic E-state index is 13.7. The number of nitrogens with two attached hydrogens (primary N) is 1. The summed E-state index contributed by atoms with van der Waals surface area (Å²) in [5.74, 6) is -0.935. The highest BCUT2D eigenvalue weighted by Gasteiger charge is 2.15. The summed E-state index contributed by atoms with van der Waals surface area (Å²) >= 11 is 8.72. The van der Waals surface area contributed by atoms with E-state index in [4.69, 9.17) is 17.3 Å².